The van der Waals surface area contributed by atoms with Crippen LogP contribution in [0, 0.1) is 6.92 Å². The molecule has 0 bridgehead atoms. The molecular weight excluding hydrogens is 414 g/mol. The predicted molar refractivity (Wildman–Crippen MR) is 121 cm³/mol. The average Bonchev–Trinajstić information content (AvgIpc) is 3.39. The maximum atomic E-state index is 12.3. The lowest BCUT2D eigenvalue weighted by atomic mass is 10.3. The van der Waals surface area contributed by atoms with E-state index in [1.165, 1.54) is 6.21 Å². The Morgan fingerprint density at radius 3 is 2.55 bits per heavy atom. The van der Waals surface area contributed by atoms with Gasteiger partial charge in [-0.1, -0.05) is 48.0 Å². The molecule has 0 aliphatic rings. The van der Waals surface area contributed by atoms with Gasteiger partial charge >= 0.3 is 5.91 Å². The van der Waals surface area contributed by atoms with Crippen molar-refractivity contribution in [3.8, 4) is 5.69 Å². The molecule has 31 heavy (non-hydrogen) atoms. The first kappa shape index (κ1) is 20.4. The second-order valence-electron chi connectivity index (χ2n) is 6.72. The number of para-hydroxylation sites is 2. The summed E-state index contributed by atoms with van der Waals surface area (Å²) in [6.45, 7) is 2.29. The van der Waals surface area contributed by atoms with Crippen molar-refractivity contribution in [2.75, 3.05) is 5.32 Å². The standard InChI is InChI=1S/C23H20ClN5O2/c1-16-20(22(24)29(28-16)18-10-6-3-7-11-18)15-26-27-23(30)21-13-12-19(31-21)14-25-17-8-4-2-5-9-17/h2-13,15,25H,14H2,1H3,(H,27,30). The summed E-state index contributed by atoms with van der Waals surface area (Å²) in [6, 6.07) is 22.6. The van der Waals surface area contributed by atoms with Crippen LogP contribution in [-0.4, -0.2) is 21.9 Å². The van der Waals surface area contributed by atoms with E-state index < -0.39 is 5.91 Å². The summed E-state index contributed by atoms with van der Waals surface area (Å²) in [6.07, 6.45) is 1.48. The molecule has 2 aromatic carbocycles. The van der Waals surface area contributed by atoms with E-state index in [2.05, 4.69) is 20.9 Å². The zero-order chi connectivity index (χ0) is 21.6. The smallest absolute Gasteiger partial charge is 0.307 e. The third-order valence-corrected chi connectivity index (χ3v) is 4.90. The van der Waals surface area contributed by atoms with Crippen molar-refractivity contribution in [1.82, 2.24) is 15.2 Å². The van der Waals surface area contributed by atoms with Crippen LogP contribution in [0.2, 0.25) is 5.15 Å². The monoisotopic (exact) mass is 433 g/mol. The molecule has 0 spiro atoms. The third-order valence-electron chi connectivity index (χ3n) is 4.53. The highest BCUT2D eigenvalue weighted by molar-refractivity contribution is 6.32. The Morgan fingerprint density at radius 2 is 1.81 bits per heavy atom. The van der Waals surface area contributed by atoms with Crippen LogP contribution in [0.15, 0.2) is 82.3 Å². The van der Waals surface area contributed by atoms with Gasteiger partial charge < -0.3 is 9.73 Å². The number of anilines is 1. The Hall–Kier alpha value is -3.84. The molecule has 0 aliphatic heterocycles. The van der Waals surface area contributed by atoms with Crippen LogP contribution in [0.4, 0.5) is 5.69 Å². The first-order chi connectivity index (χ1) is 15.1. The molecule has 2 heterocycles. The predicted octanol–water partition coefficient (Wildman–Crippen LogP) is 4.80. The first-order valence-corrected chi connectivity index (χ1v) is 10.0. The number of amides is 1. The largest absolute Gasteiger partial charge is 0.454 e. The van der Waals surface area contributed by atoms with Gasteiger partial charge in [0, 0.05) is 5.69 Å². The summed E-state index contributed by atoms with van der Waals surface area (Å²) in [5.41, 5.74) is 5.59. The van der Waals surface area contributed by atoms with Crippen molar-refractivity contribution in [1.29, 1.82) is 0 Å². The quantitative estimate of drug-likeness (QED) is 0.324. The van der Waals surface area contributed by atoms with Crippen molar-refractivity contribution < 1.29 is 9.21 Å². The van der Waals surface area contributed by atoms with Gasteiger partial charge in [0.25, 0.3) is 0 Å². The minimum atomic E-state index is -0.452. The number of carbonyl (C=O) groups is 1. The molecule has 156 valence electrons. The van der Waals surface area contributed by atoms with Crippen LogP contribution in [0.5, 0.6) is 0 Å². The minimum absolute atomic E-state index is 0.171. The molecule has 0 saturated heterocycles. The van der Waals surface area contributed by atoms with Gasteiger partial charge in [-0.15, -0.1) is 0 Å². The molecule has 1 amide bonds. The number of hydrogen-bond donors (Lipinski definition) is 2. The molecule has 8 heteroatoms. The number of nitrogens with one attached hydrogen (secondary N) is 2. The highest BCUT2D eigenvalue weighted by atomic mass is 35.5. The van der Waals surface area contributed by atoms with Gasteiger partial charge in [-0.25, -0.2) is 10.1 Å². The number of carbonyl (C=O) groups excluding carboxylic acids is 1. The number of furan rings is 1. The van der Waals surface area contributed by atoms with E-state index in [9.17, 15) is 4.79 Å². The lowest BCUT2D eigenvalue weighted by Crippen LogP contribution is -2.16. The fourth-order valence-electron chi connectivity index (χ4n) is 2.95. The van der Waals surface area contributed by atoms with Gasteiger partial charge in [-0.2, -0.15) is 10.2 Å². The number of aromatic nitrogens is 2. The van der Waals surface area contributed by atoms with E-state index in [1.54, 1.807) is 16.8 Å². The van der Waals surface area contributed by atoms with Gasteiger partial charge in [-0.05, 0) is 43.3 Å². The number of halogens is 1. The fraction of sp³-hybridized carbons (Fsp3) is 0.0870. The zero-order valence-electron chi connectivity index (χ0n) is 16.7. The first-order valence-electron chi connectivity index (χ1n) is 9.63. The minimum Gasteiger partial charge on any atom is -0.454 e. The summed E-state index contributed by atoms with van der Waals surface area (Å²) < 4.78 is 7.21. The van der Waals surface area contributed by atoms with Gasteiger partial charge in [0.2, 0.25) is 0 Å². The Kier molecular flexibility index (Phi) is 6.14. The number of hydrogen-bond acceptors (Lipinski definition) is 5. The van der Waals surface area contributed by atoms with E-state index in [-0.39, 0.29) is 5.76 Å². The van der Waals surface area contributed by atoms with Crippen LogP contribution in [0.1, 0.15) is 27.6 Å². The van der Waals surface area contributed by atoms with E-state index in [1.807, 2.05) is 67.6 Å². The topological polar surface area (TPSA) is 84.5 Å². The maximum Gasteiger partial charge on any atom is 0.307 e. The number of benzene rings is 2. The molecule has 4 rings (SSSR count). The lowest BCUT2D eigenvalue weighted by Gasteiger charge is -2.03. The third kappa shape index (κ3) is 4.84. The summed E-state index contributed by atoms with van der Waals surface area (Å²) in [4.78, 5) is 12.3. The van der Waals surface area contributed by atoms with E-state index in [0.717, 1.165) is 11.4 Å². The second-order valence-corrected chi connectivity index (χ2v) is 7.08. The maximum absolute atomic E-state index is 12.3. The molecule has 4 aromatic rings. The molecule has 7 nitrogen and oxygen atoms in total. The Bertz CT molecular complexity index is 1200. The molecule has 2 aromatic heterocycles. The molecule has 0 unspecified atom stereocenters. The van der Waals surface area contributed by atoms with Gasteiger partial charge in [0.1, 0.15) is 10.9 Å². The SMILES string of the molecule is Cc1nn(-c2ccccc2)c(Cl)c1C=NNC(=O)c1ccc(CNc2ccccc2)o1. The number of rotatable bonds is 7. The summed E-state index contributed by atoms with van der Waals surface area (Å²) >= 11 is 6.46. The van der Waals surface area contributed by atoms with Crippen LogP contribution in [0.3, 0.4) is 0 Å². The van der Waals surface area contributed by atoms with Crippen LogP contribution in [-0.2, 0) is 6.54 Å². The van der Waals surface area contributed by atoms with E-state index in [4.69, 9.17) is 16.0 Å². The van der Waals surface area contributed by atoms with Crippen LogP contribution >= 0.6 is 11.6 Å². The second kappa shape index (κ2) is 9.32. The Balaban J connectivity index is 1.38. The summed E-state index contributed by atoms with van der Waals surface area (Å²) in [5, 5.41) is 12.1. The Morgan fingerprint density at radius 1 is 1.10 bits per heavy atom. The molecule has 0 aliphatic carbocycles. The Labute approximate surface area is 184 Å². The van der Waals surface area contributed by atoms with E-state index >= 15 is 0 Å². The van der Waals surface area contributed by atoms with Gasteiger partial charge in [0.15, 0.2) is 5.76 Å². The highest BCUT2D eigenvalue weighted by Crippen LogP contribution is 2.22. The molecular formula is C23H20ClN5O2. The molecule has 0 radical (unpaired) electrons. The highest BCUT2D eigenvalue weighted by Gasteiger charge is 2.14. The summed E-state index contributed by atoms with van der Waals surface area (Å²) in [5.74, 6) is 0.359. The molecule has 0 atom stereocenters. The van der Waals surface area contributed by atoms with Gasteiger partial charge in [0.05, 0.1) is 29.7 Å². The normalized spacial score (nSPS) is 11.0. The van der Waals surface area contributed by atoms with Crippen molar-refractivity contribution in [3.05, 3.63) is 101 Å². The number of hydrazone groups is 1. The number of aryl methyl sites for hydroxylation is 1. The average molecular weight is 434 g/mol. The molecule has 0 saturated carbocycles. The van der Waals surface area contributed by atoms with Crippen molar-refractivity contribution in [3.63, 3.8) is 0 Å². The van der Waals surface area contributed by atoms with E-state index in [0.29, 0.717) is 28.7 Å². The van der Waals surface area contributed by atoms with Crippen molar-refractivity contribution in [2.24, 2.45) is 5.10 Å². The fourth-order valence-corrected chi connectivity index (χ4v) is 3.27. The molecule has 2 N–H and O–H groups in total. The van der Waals surface area contributed by atoms with Crippen LogP contribution in [0.25, 0.3) is 5.69 Å². The lowest BCUT2D eigenvalue weighted by molar-refractivity contribution is 0.0926. The van der Waals surface area contributed by atoms with Crippen molar-refractivity contribution in [2.45, 2.75) is 13.5 Å². The molecule has 0 fully saturated rings. The van der Waals surface area contributed by atoms with Crippen molar-refractivity contribution >= 4 is 29.4 Å². The van der Waals surface area contributed by atoms with Crippen LogP contribution < -0.4 is 10.7 Å². The summed E-state index contributed by atoms with van der Waals surface area (Å²) in [7, 11) is 0. The number of nitrogens with zero attached hydrogens (tertiary/aromatic N) is 3. The van der Waals surface area contributed by atoms with Gasteiger partial charge in [-0.3, -0.25) is 4.79 Å². The zero-order valence-corrected chi connectivity index (χ0v) is 17.5.